The first-order valence-electron chi connectivity index (χ1n) is 7.74. The summed E-state index contributed by atoms with van der Waals surface area (Å²) in [6.45, 7) is 2.43. The number of aromatic nitrogens is 1. The number of benzene rings is 2. The van der Waals surface area contributed by atoms with Crippen LogP contribution in [0.3, 0.4) is 0 Å². The molecule has 0 saturated heterocycles. The topological polar surface area (TPSA) is 45.2 Å². The average molecular weight is 323 g/mol. The third kappa shape index (κ3) is 2.68. The van der Waals surface area contributed by atoms with Crippen molar-refractivity contribution in [1.82, 2.24) is 4.98 Å². The van der Waals surface area contributed by atoms with Crippen molar-refractivity contribution < 1.29 is 4.79 Å². The van der Waals surface area contributed by atoms with Crippen LogP contribution in [-0.2, 0) is 11.2 Å². The van der Waals surface area contributed by atoms with E-state index in [2.05, 4.69) is 22.4 Å². The number of carbonyl (C=O) groups is 1. The normalized spacial score (nSPS) is 13.9. The van der Waals surface area contributed by atoms with Crippen molar-refractivity contribution >= 4 is 44.0 Å². The van der Waals surface area contributed by atoms with Crippen molar-refractivity contribution in [3.05, 3.63) is 48.0 Å². The van der Waals surface area contributed by atoms with Crippen LogP contribution in [0.1, 0.15) is 18.9 Å². The molecule has 5 heteroatoms. The van der Waals surface area contributed by atoms with E-state index in [0.717, 1.165) is 46.1 Å². The van der Waals surface area contributed by atoms with Crippen molar-refractivity contribution in [3.8, 4) is 0 Å². The maximum absolute atomic E-state index is 11.8. The zero-order valence-electron chi connectivity index (χ0n) is 12.9. The highest BCUT2D eigenvalue weighted by molar-refractivity contribution is 7.22. The van der Waals surface area contributed by atoms with Gasteiger partial charge in [0.25, 0.3) is 0 Å². The predicted molar refractivity (Wildman–Crippen MR) is 95.7 cm³/mol. The molecule has 4 nitrogen and oxygen atoms in total. The Morgan fingerprint density at radius 3 is 2.87 bits per heavy atom. The summed E-state index contributed by atoms with van der Waals surface area (Å²) in [5, 5.41) is 4.22. The van der Waals surface area contributed by atoms with Gasteiger partial charge in [-0.15, -0.1) is 0 Å². The van der Waals surface area contributed by atoms with E-state index in [1.54, 1.807) is 18.3 Å². The maximum atomic E-state index is 11.8. The Morgan fingerprint density at radius 1 is 1.26 bits per heavy atom. The summed E-state index contributed by atoms with van der Waals surface area (Å²) in [4.78, 5) is 18.4. The van der Waals surface area contributed by atoms with E-state index in [1.165, 1.54) is 5.56 Å². The molecule has 0 aliphatic carbocycles. The summed E-state index contributed by atoms with van der Waals surface area (Å²) in [7, 11) is 0. The van der Waals surface area contributed by atoms with Gasteiger partial charge >= 0.3 is 0 Å². The number of rotatable bonds is 2. The molecular formula is C18H17N3OS. The molecule has 1 aliphatic heterocycles. The Hall–Kier alpha value is -2.40. The number of para-hydroxylation sites is 1. The number of thiazole rings is 1. The minimum absolute atomic E-state index is 0.100. The molecule has 1 N–H and O–H groups in total. The van der Waals surface area contributed by atoms with Gasteiger partial charge < -0.3 is 10.2 Å². The second-order valence-electron chi connectivity index (χ2n) is 5.73. The minimum Gasteiger partial charge on any atom is -0.332 e. The monoisotopic (exact) mass is 323 g/mol. The fourth-order valence-electron chi connectivity index (χ4n) is 3.03. The molecule has 4 rings (SSSR count). The number of hydrogen-bond donors (Lipinski definition) is 1. The van der Waals surface area contributed by atoms with Crippen molar-refractivity contribution in [2.24, 2.45) is 0 Å². The van der Waals surface area contributed by atoms with Gasteiger partial charge in [-0.05, 0) is 42.7 Å². The van der Waals surface area contributed by atoms with E-state index < -0.39 is 0 Å². The number of hydrogen-bond acceptors (Lipinski definition) is 4. The van der Waals surface area contributed by atoms with E-state index in [-0.39, 0.29) is 5.91 Å². The molecule has 2 heterocycles. The molecule has 1 aromatic heterocycles. The Morgan fingerprint density at radius 2 is 2.09 bits per heavy atom. The summed E-state index contributed by atoms with van der Waals surface area (Å²) in [6, 6.07) is 14.3. The van der Waals surface area contributed by atoms with Gasteiger partial charge in [0.1, 0.15) is 0 Å². The minimum atomic E-state index is 0.100. The standard InChI is InChI=1S/C18H17N3OS/c1-12(22)21-9-5-6-13-10-17-15(11-16(13)21)20-18(23-17)19-14-7-3-2-4-8-14/h2-4,7-8,10-11H,5-6,9H2,1H3,(H,19,20). The number of anilines is 3. The number of aryl methyl sites for hydroxylation is 1. The van der Waals surface area contributed by atoms with Crippen LogP contribution in [0.2, 0.25) is 0 Å². The summed E-state index contributed by atoms with van der Waals surface area (Å²) in [6.07, 6.45) is 2.04. The van der Waals surface area contributed by atoms with E-state index in [4.69, 9.17) is 0 Å². The summed E-state index contributed by atoms with van der Waals surface area (Å²) in [5.41, 5.74) is 4.24. The lowest BCUT2D eigenvalue weighted by atomic mass is 10.0. The van der Waals surface area contributed by atoms with Crippen LogP contribution in [0.4, 0.5) is 16.5 Å². The molecule has 0 atom stereocenters. The largest absolute Gasteiger partial charge is 0.332 e. The Kier molecular flexibility index (Phi) is 3.50. The van der Waals surface area contributed by atoms with Gasteiger partial charge in [-0.1, -0.05) is 29.5 Å². The van der Waals surface area contributed by atoms with E-state index in [0.29, 0.717) is 0 Å². The van der Waals surface area contributed by atoms with Gasteiger partial charge in [-0.2, -0.15) is 0 Å². The first-order chi connectivity index (χ1) is 11.2. The Balaban J connectivity index is 1.73. The Bertz CT molecular complexity index is 873. The third-order valence-electron chi connectivity index (χ3n) is 4.11. The Labute approximate surface area is 138 Å². The zero-order valence-corrected chi connectivity index (χ0v) is 13.7. The number of nitrogens with zero attached hydrogens (tertiary/aromatic N) is 2. The van der Waals surface area contributed by atoms with Gasteiger partial charge in [0.15, 0.2) is 5.13 Å². The number of fused-ring (bicyclic) bond motifs is 2. The van der Waals surface area contributed by atoms with Crippen LogP contribution >= 0.6 is 11.3 Å². The van der Waals surface area contributed by atoms with Gasteiger partial charge in [0.05, 0.1) is 10.2 Å². The first kappa shape index (κ1) is 14.2. The van der Waals surface area contributed by atoms with E-state index in [1.807, 2.05) is 35.2 Å². The highest BCUT2D eigenvalue weighted by Crippen LogP contribution is 2.36. The summed E-state index contributed by atoms with van der Waals surface area (Å²) >= 11 is 1.65. The van der Waals surface area contributed by atoms with Crippen molar-refractivity contribution in [3.63, 3.8) is 0 Å². The average Bonchev–Trinajstić information content (AvgIpc) is 2.93. The van der Waals surface area contributed by atoms with Gasteiger partial charge in [-0.3, -0.25) is 4.79 Å². The van der Waals surface area contributed by atoms with Crippen LogP contribution in [-0.4, -0.2) is 17.4 Å². The third-order valence-corrected chi connectivity index (χ3v) is 5.05. The van der Waals surface area contributed by atoms with E-state index >= 15 is 0 Å². The van der Waals surface area contributed by atoms with Crippen LogP contribution in [0.5, 0.6) is 0 Å². The second-order valence-corrected chi connectivity index (χ2v) is 6.76. The second kappa shape index (κ2) is 5.66. The molecule has 0 fully saturated rings. The first-order valence-corrected chi connectivity index (χ1v) is 8.56. The molecular weight excluding hydrogens is 306 g/mol. The molecule has 0 saturated carbocycles. The molecule has 0 radical (unpaired) electrons. The molecule has 0 unspecified atom stereocenters. The zero-order chi connectivity index (χ0) is 15.8. The lowest BCUT2D eigenvalue weighted by Gasteiger charge is -2.28. The van der Waals surface area contributed by atoms with Gasteiger partial charge in [0, 0.05) is 24.8 Å². The highest BCUT2D eigenvalue weighted by atomic mass is 32.1. The molecule has 1 amide bonds. The fraction of sp³-hybridized carbons (Fsp3) is 0.222. The predicted octanol–water partition coefficient (Wildman–Crippen LogP) is 4.34. The molecule has 23 heavy (non-hydrogen) atoms. The van der Waals surface area contributed by atoms with Crippen molar-refractivity contribution in [2.45, 2.75) is 19.8 Å². The highest BCUT2D eigenvalue weighted by Gasteiger charge is 2.21. The summed E-state index contributed by atoms with van der Waals surface area (Å²) in [5.74, 6) is 0.100. The van der Waals surface area contributed by atoms with Crippen molar-refractivity contribution in [1.29, 1.82) is 0 Å². The molecule has 1 aliphatic rings. The fourth-order valence-corrected chi connectivity index (χ4v) is 3.96. The van der Waals surface area contributed by atoms with Crippen molar-refractivity contribution in [2.75, 3.05) is 16.8 Å². The van der Waals surface area contributed by atoms with Crippen LogP contribution in [0, 0.1) is 0 Å². The lowest BCUT2D eigenvalue weighted by molar-refractivity contribution is -0.116. The smallest absolute Gasteiger partial charge is 0.223 e. The molecule has 0 bridgehead atoms. The SMILES string of the molecule is CC(=O)N1CCCc2cc3sc(Nc4ccccc4)nc3cc21. The van der Waals surface area contributed by atoms with Crippen LogP contribution in [0.25, 0.3) is 10.2 Å². The maximum Gasteiger partial charge on any atom is 0.223 e. The lowest BCUT2D eigenvalue weighted by Crippen LogP contribution is -2.33. The quantitative estimate of drug-likeness (QED) is 0.763. The molecule has 2 aromatic carbocycles. The van der Waals surface area contributed by atoms with Gasteiger partial charge in [-0.25, -0.2) is 4.98 Å². The number of amides is 1. The molecule has 3 aromatic rings. The van der Waals surface area contributed by atoms with Crippen LogP contribution < -0.4 is 10.2 Å². The molecule has 0 spiro atoms. The summed E-state index contributed by atoms with van der Waals surface area (Å²) < 4.78 is 1.16. The molecule has 116 valence electrons. The van der Waals surface area contributed by atoms with E-state index in [9.17, 15) is 4.79 Å². The number of nitrogens with one attached hydrogen (secondary N) is 1. The number of carbonyl (C=O) groups excluding carboxylic acids is 1. The van der Waals surface area contributed by atoms with Gasteiger partial charge in [0.2, 0.25) is 5.91 Å². The van der Waals surface area contributed by atoms with Crippen LogP contribution in [0.15, 0.2) is 42.5 Å².